The largest absolute Gasteiger partial charge is 0.478 e. The fourth-order valence-electron chi connectivity index (χ4n) is 1.74. The lowest BCUT2D eigenvalue weighted by atomic mass is 9.89. The Kier molecular flexibility index (Phi) is 3.16. The van der Waals surface area contributed by atoms with E-state index < -0.39 is 5.97 Å². The number of hydrogen-bond acceptors (Lipinski definition) is 3. The Bertz CT molecular complexity index is 416. The molecule has 4 nitrogen and oxygen atoms in total. The van der Waals surface area contributed by atoms with E-state index in [0.717, 1.165) is 4.47 Å². The topological polar surface area (TPSA) is 69.6 Å². The highest BCUT2D eigenvalue weighted by molar-refractivity contribution is 9.10. The normalized spacial score (nSPS) is 23.6. The van der Waals surface area contributed by atoms with Gasteiger partial charge in [-0.2, -0.15) is 0 Å². The van der Waals surface area contributed by atoms with Crippen molar-refractivity contribution in [3.8, 4) is 0 Å². The van der Waals surface area contributed by atoms with Gasteiger partial charge in [0, 0.05) is 16.2 Å². The first-order valence-corrected chi connectivity index (χ1v) is 5.83. The number of aliphatic hydroxyl groups excluding tert-OH is 1. The second-order valence-electron chi connectivity index (χ2n) is 3.96. The molecule has 0 heterocycles. The average molecular weight is 286 g/mol. The van der Waals surface area contributed by atoms with Crippen molar-refractivity contribution in [2.45, 2.75) is 25.0 Å². The van der Waals surface area contributed by atoms with Crippen LogP contribution in [0.5, 0.6) is 0 Å². The summed E-state index contributed by atoms with van der Waals surface area (Å²) in [6.45, 7) is 0. The van der Waals surface area contributed by atoms with Gasteiger partial charge in [0.25, 0.3) is 0 Å². The molecule has 1 saturated carbocycles. The lowest BCUT2D eigenvalue weighted by molar-refractivity contribution is 0.0697. The van der Waals surface area contributed by atoms with Gasteiger partial charge in [-0.15, -0.1) is 0 Å². The Labute approximate surface area is 101 Å². The van der Waals surface area contributed by atoms with Crippen LogP contribution < -0.4 is 5.32 Å². The summed E-state index contributed by atoms with van der Waals surface area (Å²) in [7, 11) is 0. The molecule has 2 rings (SSSR count). The van der Waals surface area contributed by atoms with Gasteiger partial charge in [0.15, 0.2) is 0 Å². The lowest BCUT2D eigenvalue weighted by Gasteiger charge is -2.33. The van der Waals surface area contributed by atoms with E-state index in [1.807, 2.05) is 0 Å². The molecule has 1 aliphatic carbocycles. The Balaban J connectivity index is 2.16. The first-order chi connectivity index (χ1) is 7.56. The van der Waals surface area contributed by atoms with E-state index in [0.29, 0.717) is 18.5 Å². The predicted octanol–water partition coefficient (Wildman–Crippen LogP) is 2.08. The number of anilines is 1. The number of hydrogen-bond donors (Lipinski definition) is 3. The van der Waals surface area contributed by atoms with Gasteiger partial charge in [-0.25, -0.2) is 4.79 Å². The molecule has 0 spiro atoms. The number of halogens is 1. The van der Waals surface area contributed by atoms with Crippen LogP contribution in [-0.4, -0.2) is 28.3 Å². The number of carboxylic acid groups (broad SMARTS) is 1. The summed E-state index contributed by atoms with van der Waals surface area (Å²) in [5, 5.41) is 21.3. The Morgan fingerprint density at radius 2 is 2.12 bits per heavy atom. The summed E-state index contributed by atoms with van der Waals surface area (Å²) < 4.78 is 0.740. The third-order valence-electron chi connectivity index (χ3n) is 2.68. The minimum absolute atomic E-state index is 0.175. The van der Waals surface area contributed by atoms with Crippen LogP contribution in [0.4, 0.5) is 5.69 Å². The van der Waals surface area contributed by atoms with Gasteiger partial charge in [0.2, 0.25) is 0 Å². The van der Waals surface area contributed by atoms with Crippen LogP contribution in [0.15, 0.2) is 22.7 Å². The van der Waals surface area contributed by atoms with Crippen molar-refractivity contribution in [3.63, 3.8) is 0 Å². The molecule has 0 unspecified atom stereocenters. The first kappa shape index (κ1) is 11.4. The molecular formula is C11H12BrNO3. The van der Waals surface area contributed by atoms with Gasteiger partial charge in [-0.3, -0.25) is 0 Å². The quantitative estimate of drug-likeness (QED) is 0.795. The molecule has 0 aromatic heterocycles. The number of carbonyl (C=O) groups is 1. The maximum absolute atomic E-state index is 11.0. The second kappa shape index (κ2) is 4.43. The molecule has 0 atom stereocenters. The number of benzene rings is 1. The van der Waals surface area contributed by atoms with Gasteiger partial charge in [0.1, 0.15) is 0 Å². The van der Waals surface area contributed by atoms with E-state index in [1.165, 1.54) is 0 Å². The smallest absolute Gasteiger partial charge is 0.337 e. The Morgan fingerprint density at radius 1 is 1.44 bits per heavy atom. The summed E-state index contributed by atoms with van der Waals surface area (Å²) in [5.41, 5.74) is 0.850. The van der Waals surface area contributed by atoms with Crippen LogP contribution >= 0.6 is 15.9 Å². The van der Waals surface area contributed by atoms with E-state index in [9.17, 15) is 4.79 Å². The molecule has 0 radical (unpaired) electrons. The Hall–Kier alpha value is -1.07. The van der Waals surface area contributed by atoms with Crippen molar-refractivity contribution in [3.05, 3.63) is 28.2 Å². The molecule has 0 bridgehead atoms. The summed E-state index contributed by atoms with van der Waals surface area (Å²) in [5.74, 6) is -0.955. The van der Waals surface area contributed by atoms with Crippen molar-refractivity contribution < 1.29 is 15.0 Å². The highest BCUT2D eigenvalue weighted by atomic mass is 79.9. The second-order valence-corrected chi connectivity index (χ2v) is 4.88. The monoisotopic (exact) mass is 285 g/mol. The fourth-order valence-corrected chi connectivity index (χ4v) is 2.11. The van der Waals surface area contributed by atoms with Crippen LogP contribution in [0.1, 0.15) is 23.2 Å². The number of carboxylic acids is 1. The van der Waals surface area contributed by atoms with Crippen molar-refractivity contribution in [2.75, 3.05) is 5.32 Å². The maximum atomic E-state index is 11.0. The molecule has 1 aliphatic rings. The molecule has 0 saturated heterocycles. The highest BCUT2D eigenvalue weighted by Crippen LogP contribution is 2.27. The van der Waals surface area contributed by atoms with Gasteiger partial charge in [0.05, 0.1) is 11.7 Å². The SMILES string of the molecule is O=C(O)c1cc(Br)ccc1NC1CC(O)C1. The van der Waals surface area contributed by atoms with Crippen molar-refractivity contribution >= 4 is 27.6 Å². The van der Waals surface area contributed by atoms with E-state index in [1.54, 1.807) is 18.2 Å². The third-order valence-corrected chi connectivity index (χ3v) is 3.18. The summed E-state index contributed by atoms with van der Waals surface area (Å²) in [6.07, 6.45) is 1.10. The molecule has 3 N–H and O–H groups in total. The zero-order valence-corrected chi connectivity index (χ0v) is 10.1. The first-order valence-electron chi connectivity index (χ1n) is 5.03. The number of nitrogens with one attached hydrogen (secondary N) is 1. The van der Waals surface area contributed by atoms with Crippen LogP contribution in [0, 0.1) is 0 Å². The molecule has 1 aromatic carbocycles. The molecular weight excluding hydrogens is 274 g/mol. The maximum Gasteiger partial charge on any atom is 0.337 e. The molecule has 1 fully saturated rings. The minimum atomic E-state index is -0.955. The van der Waals surface area contributed by atoms with Crippen LogP contribution in [0.25, 0.3) is 0 Å². The summed E-state index contributed by atoms with van der Waals surface area (Å²) in [4.78, 5) is 11.0. The zero-order chi connectivity index (χ0) is 11.7. The van der Waals surface area contributed by atoms with Gasteiger partial charge in [-0.1, -0.05) is 15.9 Å². The standard InChI is InChI=1S/C11H12BrNO3/c12-6-1-2-10(9(3-6)11(15)16)13-7-4-8(14)5-7/h1-3,7-8,13-14H,4-5H2,(H,15,16). The summed E-state index contributed by atoms with van der Waals surface area (Å²) >= 11 is 3.24. The van der Waals surface area contributed by atoms with Crippen LogP contribution in [0.3, 0.4) is 0 Å². The van der Waals surface area contributed by atoms with Crippen molar-refractivity contribution in [2.24, 2.45) is 0 Å². The number of aromatic carboxylic acids is 1. The highest BCUT2D eigenvalue weighted by Gasteiger charge is 2.27. The van der Waals surface area contributed by atoms with E-state index >= 15 is 0 Å². The molecule has 5 heteroatoms. The lowest BCUT2D eigenvalue weighted by Crippen LogP contribution is -2.39. The van der Waals surface area contributed by atoms with Gasteiger partial charge < -0.3 is 15.5 Å². The van der Waals surface area contributed by atoms with Crippen molar-refractivity contribution in [1.29, 1.82) is 0 Å². The third kappa shape index (κ3) is 2.36. The molecule has 16 heavy (non-hydrogen) atoms. The van der Waals surface area contributed by atoms with Crippen molar-refractivity contribution in [1.82, 2.24) is 0 Å². The van der Waals surface area contributed by atoms with Crippen LogP contribution in [0.2, 0.25) is 0 Å². The number of aliphatic hydroxyl groups is 1. The van der Waals surface area contributed by atoms with Gasteiger partial charge in [-0.05, 0) is 31.0 Å². The van der Waals surface area contributed by atoms with E-state index in [-0.39, 0.29) is 17.7 Å². The van der Waals surface area contributed by atoms with Gasteiger partial charge >= 0.3 is 5.97 Å². The summed E-state index contributed by atoms with van der Waals surface area (Å²) in [6, 6.07) is 5.27. The number of rotatable bonds is 3. The average Bonchev–Trinajstić information content (AvgIpc) is 2.17. The zero-order valence-electron chi connectivity index (χ0n) is 8.48. The predicted molar refractivity (Wildman–Crippen MR) is 63.8 cm³/mol. The Morgan fingerprint density at radius 3 is 2.69 bits per heavy atom. The van der Waals surface area contributed by atoms with Crippen LogP contribution in [-0.2, 0) is 0 Å². The fraction of sp³-hybridized carbons (Fsp3) is 0.364. The van der Waals surface area contributed by atoms with E-state index in [2.05, 4.69) is 21.2 Å². The molecule has 0 aliphatic heterocycles. The van der Waals surface area contributed by atoms with E-state index in [4.69, 9.17) is 10.2 Å². The molecule has 1 aromatic rings. The molecule has 86 valence electrons. The minimum Gasteiger partial charge on any atom is -0.478 e. The molecule has 0 amide bonds.